The van der Waals surface area contributed by atoms with Crippen molar-refractivity contribution in [3.63, 3.8) is 0 Å². The lowest BCUT2D eigenvalue weighted by molar-refractivity contribution is -0.189. The van der Waals surface area contributed by atoms with E-state index in [1.165, 1.54) is 10.3 Å². The molecule has 1 aliphatic carbocycles. The number of nitrogens with zero attached hydrogens (tertiary/aromatic N) is 2. The number of carbonyl (C=O) groups excluding carboxylic acids is 1. The molecular formula is C20H18F6N2O4S2. The molecule has 186 valence electrons. The highest BCUT2D eigenvalue weighted by Gasteiger charge is 2.63. The van der Waals surface area contributed by atoms with Crippen molar-refractivity contribution in [3.8, 4) is 5.75 Å². The second-order valence-corrected chi connectivity index (χ2v) is 11.4. The summed E-state index contributed by atoms with van der Waals surface area (Å²) in [4.78, 5) is 18.0. The molecule has 0 bridgehead atoms. The first-order valence-electron chi connectivity index (χ1n) is 9.92. The quantitative estimate of drug-likeness (QED) is 0.541. The molecule has 0 radical (unpaired) electrons. The van der Waals surface area contributed by atoms with Crippen LogP contribution in [0.25, 0.3) is 0 Å². The third kappa shape index (κ3) is 4.49. The van der Waals surface area contributed by atoms with Gasteiger partial charge in [0, 0.05) is 30.1 Å². The van der Waals surface area contributed by atoms with Crippen molar-refractivity contribution in [1.82, 2.24) is 9.88 Å². The van der Waals surface area contributed by atoms with E-state index in [-0.39, 0.29) is 35.2 Å². The fraction of sp³-hybridized carbons (Fsp3) is 0.500. The van der Waals surface area contributed by atoms with Gasteiger partial charge in [0.1, 0.15) is 5.75 Å². The van der Waals surface area contributed by atoms with Crippen LogP contribution in [-0.4, -0.2) is 55.8 Å². The molecule has 3 atom stereocenters. The highest BCUT2D eigenvalue weighted by Crippen LogP contribution is 2.59. The van der Waals surface area contributed by atoms with Gasteiger partial charge in [-0.25, -0.2) is 13.4 Å². The minimum Gasteiger partial charge on any atom is -0.480 e. The molecule has 1 saturated carbocycles. The number of hydrogen-bond acceptors (Lipinski definition) is 6. The number of hydrogen-bond donors (Lipinski definition) is 0. The summed E-state index contributed by atoms with van der Waals surface area (Å²) in [6.07, 6.45) is -10.2. The van der Waals surface area contributed by atoms with Crippen molar-refractivity contribution in [3.05, 3.63) is 39.8 Å². The van der Waals surface area contributed by atoms with Gasteiger partial charge in [0.2, 0.25) is 0 Å². The summed E-state index contributed by atoms with van der Waals surface area (Å²) in [6, 6.07) is 2.99. The lowest BCUT2D eigenvalue weighted by atomic mass is 10.0. The predicted molar refractivity (Wildman–Crippen MR) is 109 cm³/mol. The van der Waals surface area contributed by atoms with Crippen LogP contribution < -0.4 is 4.74 Å². The first kappa shape index (κ1) is 24.8. The van der Waals surface area contributed by atoms with Crippen LogP contribution in [0.2, 0.25) is 0 Å². The molecule has 34 heavy (non-hydrogen) atoms. The fourth-order valence-corrected chi connectivity index (χ4v) is 5.55. The van der Waals surface area contributed by atoms with Gasteiger partial charge in [-0.1, -0.05) is 0 Å². The average molecular weight is 528 g/mol. The Kier molecular flexibility index (Phi) is 5.71. The van der Waals surface area contributed by atoms with Crippen LogP contribution in [0.3, 0.4) is 0 Å². The number of ether oxygens (including phenoxy) is 1. The molecule has 2 aliphatic rings. The maximum Gasteiger partial charge on any atom is 0.443 e. The summed E-state index contributed by atoms with van der Waals surface area (Å²) in [5, 5.41) is 0.311. The Bertz CT molecular complexity index is 1240. The topological polar surface area (TPSA) is 76.6 Å². The summed E-state index contributed by atoms with van der Waals surface area (Å²) in [6.45, 7) is 0.906. The number of piperidine rings is 1. The average Bonchev–Trinajstić information content (AvgIpc) is 3.07. The van der Waals surface area contributed by atoms with E-state index in [4.69, 9.17) is 4.74 Å². The van der Waals surface area contributed by atoms with Crippen LogP contribution in [0.5, 0.6) is 5.75 Å². The van der Waals surface area contributed by atoms with Crippen molar-refractivity contribution < 1.29 is 44.3 Å². The van der Waals surface area contributed by atoms with Gasteiger partial charge in [0.05, 0.1) is 16.2 Å². The number of likely N-dealkylation sites (tertiary alicyclic amines) is 1. The molecule has 1 aliphatic heterocycles. The van der Waals surface area contributed by atoms with Gasteiger partial charge in [-0.3, -0.25) is 4.79 Å². The molecule has 1 amide bonds. The Morgan fingerprint density at radius 2 is 1.94 bits per heavy atom. The summed E-state index contributed by atoms with van der Waals surface area (Å²) in [7, 11) is -3.79. The number of sulfone groups is 1. The van der Waals surface area contributed by atoms with Crippen LogP contribution >= 0.6 is 11.3 Å². The first-order valence-corrected chi connectivity index (χ1v) is 12.7. The standard InChI is InChI=1S/C20H18F6N2O4S2/c1-10(19(21,22)23)32-14-4-3-12(34(2,30)31)5-13(14)16(29)28-7-11-6-18(11,9-28)15-8-33-17(27-15)20(24,25)26/h3-5,8,10-11H,6-7,9H2,1-2H3. The van der Waals surface area contributed by atoms with Crippen molar-refractivity contribution in [2.45, 2.75) is 42.1 Å². The smallest absolute Gasteiger partial charge is 0.443 e. The van der Waals surface area contributed by atoms with Crippen LogP contribution in [0.4, 0.5) is 26.3 Å². The largest absolute Gasteiger partial charge is 0.480 e. The predicted octanol–water partition coefficient (Wildman–Crippen LogP) is 4.31. The zero-order valence-corrected chi connectivity index (χ0v) is 19.3. The van der Waals surface area contributed by atoms with Crippen molar-refractivity contribution >= 4 is 27.1 Å². The second kappa shape index (κ2) is 7.83. The molecule has 14 heteroatoms. The summed E-state index contributed by atoms with van der Waals surface area (Å²) in [5.41, 5.74) is -0.911. The normalized spacial score (nSPS) is 23.5. The Balaban J connectivity index is 1.63. The van der Waals surface area contributed by atoms with Crippen LogP contribution in [0.15, 0.2) is 28.5 Å². The van der Waals surface area contributed by atoms with Gasteiger partial charge in [0.15, 0.2) is 20.9 Å². The van der Waals surface area contributed by atoms with E-state index in [0.29, 0.717) is 17.8 Å². The maximum atomic E-state index is 13.3. The van der Waals surface area contributed by atoms with Crippen molar-refractivity contribution in [1.29, 1.82) is 0 Å². The molecule has 3 unspecified atom stereocenters. The Morgan fingerprint density at radius 3 is 2.50 bits per heavy atom. The summed E-state index contributed by atoms with van der Waals surface area (Å²) in [5.74, 6) is -1.37. The SMILES string of the molecule is CC(Oc1ccc(S(C)(=O)=O)cc1C(=O)N1CC2CC2(c2csc(C(F)(F)F)n2)C1)C(F)(F)F. The first-order chi connectivity index (χ1) is 15.5. The Labute approximate surface area is 194 Å². The van der Waals surface area contributed by atoms with Crippen molar-refractivity contribution in [2.24, 2.45) is 5.92 Å². The highest BCUT2D eigenvalue weighted by atomic mass is 32.2. The molecular weight excluding hydrogens is 510 g/mol. The summed E-state index contributed by atoms with van der Waals surface area (Å²) < 4.78 is 107. The number of rotatable bonds is 5. The minimum atomic E-state index is -4.73. The molecule has 1 aromatic heterocycles. The lowest BCUT2D eigenvalue weighted by Crippen LogP contribution is -2.35. The number of halogens is 6. The van der Waals surface area contributed by atoms with Gasteiger partial charge in [-0.2, -0.15) is 26.3 Å². The van der Waals surface area contributed by atoms with Crippen LogP contribution in [-0.2, 0) is 21.4 Å². The van der Waals surface area contributed by atoms with Crippen LogP contribution in [0.1, 0.15) is 34.4 Å². The Morgan fingerprint density at radius 1 is 1.26 bits per heavy atom. The number of alkyl halides is 6. The van der Waals surface area contributed by atoms with E-state index in [0.717, 1.165) is 31.4 Å². The van der Waals surface area contributed by atoms with Gasteiger partial charge in [-0.15, -0.1) is 11.3 Å². The van der Waals surface area contributed by atoms with E-state index in [1.54, 1.807) is 0 Å². The highest BCUT2D eigenvalue weighted by molar-refractivity contribution is 7.90. The number of thiazole rings is 1. The van der Waals surface area contributed by atoms with Crippen LogP contribution in [0, 0.1) is 5.92 Å². The zero-order chi connectivity index (χ0) is 25.3. The van der Waals surface area contributed by atoms with Gasteiger partial charge >= 0.3 is 12.4 Å². The molecule has 2 heterocycles. The number of fused-ring (bicyclic) bond motifs is 1. The monoisotopic (exact) mass is 528 g/mol. The maximum absolute atomic E-state index is 13.3. The molecule has 4 rings (SSSR count). The van der Waals surface area contributed by atoms with Gasteiger partial charge < -0.3 is 9.64 Å². The third-order valence-corrected chi connectivity index (χ3v) is 8.06. The zero-order valence-electron chi connectivity index (χ0n) is 17.7. The van der Waals surface area contributed by atoms with E-state index in [2.05, 4.69) is 4.98 Å². The molecule has 2 aromatic rings. The fourth-order valence-electron chi connectivity index (χ4n) is 4.10. The molecule has 0 spiro atoms. The van der Waals surface area contributed by atoms with Gasteiger partial charge in [-0.05, 0) is 37.5 Å². The second-order valence-electron chi connectivity index (χ2n) is 8.51. The minimum absolute atomic E-state index is 0.00883. The molecule has 2 fully saturated rings. The Hall–Kier alpha value is -2.35. The molecule has 1 aromatic carbocycles. The summed E-state index contributed by atoms with van der Waals surface area (Å²) >= 11 is 0.458. The number of amides is 1. The van der Waals surface area contributed by atoms with E-state index < -0.39 is 50.4 Å². The number of aromatic nitrogens is 1. The van der Waals surface area contributed by atoms with E-state index in [9.17, 15) is 39.6 Å². The number of carbonyl (C=O) groups is 1. The molecule has 1 saturated heterocycles. The number of benzene rings is 1. The van der Waals surface area contributed by atoms with E-state index in [1.807, 2.05) is 0 Å². The third-order valence-electron chi connectivity index (χ3n) is 6.06. The van der Waals surface area contributed by atoms with Gasteiger partial charge in [0.25, 0.3) is 5.91 Å². The molecule has 6 nitrogen and oxygen atoms in total. The van der Waals surface area contributed by atoms with E-state index >= 15 is 0 Å². The van der Waals surface area contributed by atoms with Crippen molar-refractivity contribution in [2.75, 3.05) is 19.3 Å². The lowest BCUT2D eigenvalue weighted by Gasteiger charge is -2.24. The molecule has 0 N–H and O–H groups in total.